The van der Waals surface area contributed by atoms with Gasteiger partial charge >= 0.3 is 0 Å². The van der Waals surface area contributed by atoms with E-state index in [1.165, 1.54) is 35.5 Å². The van der Waals surface area contributed by atoms with Crippen molar-refractivity contribution in [3.8, 4) is 0 Å². The fourth-order valence-electron chi connectivity index (χ4n) is 3.13. The van der Waals surface area contributed by atoms with Gasteiger partial charge in [-0.25, -0.2) is 9.97 Å². The summed E-state index contributed by atoms with van der Waals surface area (Å²) in [4.78, 5) is 34.8. The van der Waals surface area contributed by atoms with E-state index >= 15 is 0 Å². The molecular formula is C19H17N3O2S2. The minimum absolute atomic E-state index is 0.00880. The van der Waals surface area contributed by atoms with E-state index in [1.54, 1.807) is 41.9 Å². The Morgan fingerprint density at radius 2 is 2.00 bits per heavy atom. The predicted molar refractivity (Wildman–Crippen MR) is 105 cm³/mol. The van der Waals surface area contributed by atoms with Gasteiger partial charge in [-0.05, 0) is 56.0 Å². The number of anilines is 1. The van der Waals surface area contributed by atoms with E-state index in [0.717, 1.165) is 28.1 Å². The summed E-state index contributed by atoms with van der Waals surface area (Å²) in [6.45, 7) is 1.52. The Kier molecular flexibility index (Phi) is 4.74. The summed E-state index contributed by atoms with van der Waals surface area (Å²) >= 11 is 3.19. The van der Waals surface area contributed by atoms with Gasteiger partial charge in [-0.3, -0.25) is 9.59 Å². The molecule has 0 bridgehead atoms. The number of thioether (sulfide) groups is 1. The van der Waals surface area contributed by atoms with Crippen molar-refractivity contribution >= 4 is 50.7 Å². The molecule has 0 saturated carbocycles. The van der Waals surface area contributed by atoms with Gasteiger partial charge in [-0.1, -0.05) is 11.8 Å². The average Bonchev–Trinajstić information content (AvgIpc) is 3.21. The monoisotopic (exact) mass is 383 g/mol. The van der Waals surface area contributed by atoms with E-state index in [1.807, 2.05) is 0 Å². The molecule has 1 aliphatic carbocycles. The van der Waals surface area contributed by atoms with E-state index in [-0.39, 0.29) is 17.4 Å². The first-order valence-electron chi connectivity index (χ1n) is 8.40. The van der Waals surface area contributed by atoms with Crippen LogP contribution in [0.1, 0.15) is 34.1 Å². The summed E-state index contributed by atoms with van der Waals surface area (Å²) in [6, 6.07) is 6.92. The zero-order valence-electron chi connectivity index (χ0n) is 14.2. The van der Waals surface area contributed by atoms with Crippen molar-refractivity contribution in [2.45, 2.75) is 31.2 Å². The van der Waals surface area contributed by atoms with Crippen LogP contribution >= 0.6 is 23.1 Å². The third-order valence-corrected chi connectivity index (χ3v) is 6.57. The summed E-state index contributed by atoms with van der Waals surface area (Å²) in [7, 11) is 0. The lowest BCUT2D eigenvalue weighted by Crippen LogP contribution is -2.14. The highest BCUT2D eigenvalue weighted by Gasteiger charge is 2.21. The number of carbonyl (C=O) groups is 2. The van der Waals surface area contributed by atoms with Gasteiger partial charge < -0.3 is 5.32 Å². The third-order valence-electron chi connectivity index (χ3n) is 4.38. The van der Waals surface area contributed by atoms with Gasteiger partial charge in [-0.15, -0.1) is 11.3 Å². The summed E-state index contributed by atoms with van der Waals surface area (Å²) in [6.07, 6.45) is 4.96. The molecule has 0 atom stereocenters. The first-order chi connectivity index (χ1) is 12.6. The fraction of sp³-hybridized carbons (Fsp3) is 0.263. The lowest BCUT2D eigenvalue weighted by atomic mass is 10.1. The number of hydrogen-bond donors (Lipinski definition) is 1. The molecule has 1 amide bonds. The second kappa shape index (κ2) is 7.17. The highest BCUT2D eigenvalue weighted by atomic mass is 32.2. The number of fused-ring (bicyclic) bond motifs is 3. The molecule has 0 radical (unpaired) electrons. The molecule has 5 nitrogen and oxygen atoms in total. The standard InChI is InChI=1S/C19H17N3O2S2/c1-11(23)12-5-7-13(8-6-12)22-16(24)9-25-18-17-14-3-2-4-15(14)26-19(17)21-10-20-18/h5-8,10H,2-4,9H2,1H3,(H,22,24). The molecule has 1 aromatic carbocycles. The second-order valence-electron chi connectivity index (χ2n) is 6.19. The lowest BCUT2D eigenvalue weighted by Gasteiger charge is -2.06. The molecule has 1 N–H and O–H groups in total. The van der Waals surface area contributed by atoms with Crippen molar-refractivity contribution in [3.63, 3.8) is 0 Å². The van der Waals surface area contributed by atoms with Gasteiger partial charge in [0.2, 0.25) is 5.91 Å². The van der Waals surface area contributed by atoms with Crippen molar-refractivity contribution in [3.05, 3.63) is 46.6 Å². The molecule has 1 aliphatic rings. The van der Waals surface area contributed by atoms with Gasteiger partial charge in [0.15, 0.2) is 5.78 Å². The van der Waals surface area contributed by atoms with Gasteiger partial charge in [0.05, 0.1) is 5.75 Å². The van der Waals surface area contributed by atoms with Gasteiger partial charge in [0.25, 0.3) is 0 Å². The number of hydrogen-bond acceptors (Lipinski definition) is 6. The lowest BCUT2D eigenvalue weighted by molar-refractivity contribution is -0.113. The Morgan fingerprint density at radius 3 is 2.77 bits per heavy atom. The Labute approximate surface area is 159 Å². The SMILES string of the molecule is CC(=O)c1ccc(NC(=O)CSc2ncnc3sc4c(c23)CCC4)cc1. The number of amides is 1. The molecule has 0 fully saturated rings. The van der Waals surface area contributed by atoms with Crippen LogP contribution in [0.3, 0.4) is 0 Å². The summed E-state index contributed by atoms with van der Waals surface area (Å²) < 4.78 is 0. The van der Waals surface area contributed by atoms with E-state index in [9.17, 15) is 9.59 Å². The van der Waals surface area contributed by atoms with Crippen LogP contribution in [0, 0.1) is 0 Å². The number of carbonyl (C=O) groups excluding carboxylic acids is 2. The highest BCUT2D eigenvalue weighted by molar-refractivity contribution is 8.00. The second-order valence-corrected chi connectivity index (χ2v) is 8.23. The van der Waals surface area contributed by atoms with Crippen LogP contribution in [-0.2, 0) is 17.6 Å². The number of ketones is 1. The Hall–Kier alpha value is -2.25. The number of benzene rings is 1. The molecule has 3 aromatic rings. The smallest absolute Gasteiger partial charge is 0.234 e. The average molecular weight is 383 g/mol. The third kappa shape index (κ3) is 3.37. The van der Waals surface area contributed by atoms with Crippen LogP contribution in [0.2, 0.25) is 0 Å². The van der Waals surface area contributed by atoms with E-state index in [4.69, 9.17) is 0 Å². The van der Waals surface area contributed by atoms with Crippen LogP contribution in [0.5, 0.6) is 0 Å². The molecular weight excluding hydrogens is 366 g/mol. The molecule has 7 heteroatoms. The predicted octanol–water partition coefficient (Wildman–Crippen LogP) is 4.11. The Balaban J connectivity index is 1.45. The molecule has 2 heterocycles. The van der Waals surface area contributed by atoms with Crippen molar-refractivity contribution in [2.75, 3.05) is 11.1 Å². The summed E-state index contributed by atoms with van der Waals surface area (Å²) in [5.74, 6) is 0.198. The van der Waals surface area contributed by atoms with Gasteiger partial charge in [-0.2, -0.15) is 0 Å². The van der Waals surface area contributed by atoms with Crippen molar-refractivity contribution < 1.29 is 9.59 Å². The van der Waals surface area contributed by atoms with Crippen LogP contribution in [-0.4, -0.2) is 27.4 Å². The zero-order valence-corrected chi connectivity index (χ0v) is 15.9. The van der Waals surface area contributed by atoms with Crippen LogP contribution < -0.4 is 5.32 Å². The van der Waals surface area contributed by atoms with E-state index in [2.05, 4.69) is 15.3 Å². The highest BCUT2D eigenvalue weighted by Crippen LogP contribution is 2.39. The molecule has 0 unspecified atom stereocenters. The first kappa shape index (κ1) is 17.2. The minimum atomic E-state index is -0.0933. The number of aryl methyl sites for hydroxylation is 2. The minimum Gasteiger partial charge on any atom is -0.325 e. The number of rotatable bonds is 5. The normalized spacial score (nSPS) is 13.0. The quantitative estimate of drug-likeness (QED) is 0.408. The van der Waals surface area contributed by atoms with Gasteiger partial charge in [0.1, 0.15) is 16.2 Å². The Bertz CT molecular complexity index is 996. The number of aromatic nitrogens is 2. The van der Waals surface area contributed by atoms with Crippen molar-refractivity contribution in [2.24, 2.45) is 0 Å². The molecule has 4 rings (SSSR count). The molecule has 0 saturated heterocycles. The molecule has 132 valence electrons. The van der Waals surface area contributed by atoms with E-state index < -0.39 is 0 Å². The molecule has 2 aromatic heterocycles. The van der Waals surface area contributed by atoms with Crippen molar-refractivity contribution in [1.29, 1.82) is 0 Å². The maximum Gasteiger partial charge on any atom is 0.234 e. The number of thiophene rings is 1. The van der Waals surface area contributed by atoms with Crippen LogP contribution in [0.4, 0.5) is 5.69 Å². The number of Topliss-reactive ketones (excluding diaryl/α,β-unsaturated/α-hetero) is 1. The molecule has 0 aliphatic heterocycles. The first-order valence-corrected chi connectivity index (χ1v) is 10.2. The number of nitrogens with one attached hydrogen (secondary N) is 1. The van der Waals surface area contributed by atoms with Crippen LogP contribution in [0.15, 0.2) is 35.6 Å². The fourth-order valence-corrected chi connectivity index (χ4v) is 5.25. The van der Waals surface area contributed by atoms with Crippen molar-refractivity contribution in [1.82, 2.24) is 9.97 Å². The largest absolute Gasteiger partial charge is 0.325 e. The summed E-state index contributed by atoms with van der Waals surface area (Å²) in [5.41, 5.74) is 2.69. The molecule has 26 heavy (non-hydrogen) atoms. The Morgan fingerprint density at radius 1 is 1.19 bits per heavy atom. The molecule has 0 spiro atoms. The summed E-state index contributed by atoms with van der Waals surface area (Å²) in [5, 5.41) is 4.88. The van der Waals surface area contributed by atoms with Crippen LogP contribution in [0.25, 0.3) is 10.2 Å². The van der Waals surface area contributed by atoms with E-state index in [0.29, 0.717) is 11.3 Å². The maximum atomic E-state index is 12.3. The topological polar surface area (TPSA) is 72.0 Å². The van der Waals surface area contributed by atoms with Gasteiger partial charge in [0, 0.05) is 21.5 Å². The number of nitrogens with zero attached hydrogens (tertiary/aromatic N) is 2. The zero-order chi connectivity index (χ0) is 18.1. The maximum absolute atomic E-state index is 12.3.